The fraction of sp³-hybridized carbons (Fsp3) is 0.444. The highest BCUT2D eigenvalue weighted by Gasteiger charge is 2.38. The molecule has 0 amide bonds. The van der Waals surface area contributed by atoms with E-state index in [1.165, 1.54) is 5.56 Å². The highest BCUT2D eigenvalue weighted by atomic mass is 35.5. The van der Waals surface area contributed by atoms with Crippen molar-refractivity contribution in [2.75, 3.05) is 26.2 Å². The van der Waals surface area contributed by atoms with Crippen LogP contribution in [0.4, 0.5) is 26.3 Å². The van der Waals surface area contributed by atoms with E-state index in [-0.39, 0.29) is 6.42 Å². The number of likely N-dealkylation sites (tertiary alicyclic amines) is 1. The number of aliphatic carboxylic acids is 3. The van der Waals surface area contributed by atoms with Gasteiger partial charge >= 0.3 is 30.3 Å². The minimum absolute atomic E-state index is 0.0945. The van der Waals surface area contributed by atoms with E-state index in [1.54, 1.807) is 18.2 Å². The molecule has 2 aromatic rings. The van der Waals surface area contributed by atoms with Crippen LogP contribution in [0.3, 0.4) is 0 Å². The molecule has 4 N–H and O–H groups in total. The van der Waals surface area contributed by atoms with E-state index in [4.69, 9.17) is 52.8 Å². The molecular weight excluding hydrogens is 649 g/mol. The predicted octanol–water partition coefficient (Wildman–Crippen LogP) is 5.91. The lowest BCUT2D eigenvalue weighted by molar-refractivity contribution is -0.193. The van der Waals surface area contributed by atoms with Gasteiger partial charge in [-0.25, -0.2) is 9.59 Å². The maximum Gasteiger partial charge on any atom is 0.490 e. The number of alkyl halides is 6. The van der Waals surface area contributed by atoms with Crippen LogP contribution in [0.25, 0.3) is 0 Å². The number of carboxylic acid groups (broad SMARTS) is 3. The number of carboxylic acids is 3. The van der Waals surface area contributed by atoms with Crippen LogP contribution < -0.4 is 10.1 Å². The molecule has 1 fully saturated rings. The average Bonchev–Trinajstić information content (AvgIpc) is 2.91. The SMILES string of the molecule is O=C(O)C(F)(F)F.O=C(O)C(F)(F)F.O=C(O)Cc1cc(Cl)ccc1OCCCNC1CCN(Cc2ccc(Cl)cc2)CC1. The molecule has 3 rings (SSSR count). The van der Waals surface area contributed by atoms with Crippen molar-refractivity contribution in [1.29, 1.82) is 0 Å². The Morgan fingerprint density at radius 3 is 1.84 bits per heavy atom. The van der Waals surface area contributed by atoms with Crippen LogP contribution in [-0.2, 0) is 27.3 Å². The summed E-state index contributed by atoms with van der Waals surface area (Å²) < 4.78 is 69.3. The van der Waals surface area contributed by atoms with Gasteiger partial charge in [0.1, 0.15) is 5.75 Å². The van der Waals surface area contributed by atoms with Gasteiger partial charge in [-0.3, -0.25) is 9.69 Å². The largest absolute Gasteiger partial charge is 0.493 e. The van der Waals surface area contributed by atoms with E-state index in [2.05, 4.69) is 22.3 Å². The Kier molecular flexibility index (Phi) is 16.3. The molecule has 0 spiro atoms. The number of piperidine rings is 1. The maximum absolute atomic E-state index is 11.0. The second-order valence-corrected chi connectivity index (χ2v) is 10.1. The molecule has 44 heavy (non-hydrogen) atoms. The molecule has 1 saturated heterocycles. The third kappa shape index (κ3) is 16.5. The van der Waals surface area contributed by atoms with Gasteiger partial charge in [0.2, 0.25) is 0 Å². The first-order chi connectivity index (χ1) is 20.4. The van der Waals surface area contributed by atoms with Crippen LogP contribution in [0.15, 0.2) is 42.5 Å². The van der Waals surface area contributed by atoms with Gasteiger partial charge in [0.05, 0.1) is 13.0 Å². The van der Waals surface area contributed by atoms with Crippen LogP contribution >= 0.6 is 23.2 Å². The Bertz CT molecular complexity index is 1180. The molecule has 0 aliphatic carbocycles. The van der Waals surface area contributed by atoms with E-state index in [1.807, 2.05) is 12.1 Å². The Morgan fingerprint density at radius 1 is 0.864 bits per heavy atom. The molecule has 2 aromatic carbocycles. The van der Waals surface area contributed by atoms with Gasteiger partial charge in [-0.15, -0.1) is 0 Å². The third-order valence-electron chi connectivity index (χ3n) is 5.77. The zero-order chi connectivity index (χ0) is 33.5. The third-order valence-corrected chi connectivity index (χ3v) is 6.25. The Labute approximate surface area is 258 Å². The zero-order valence-electron chi connectivity index (χ0n) is 22.9. The van der Waals surface area contributed by atoms with Gasteiger partial charge in [0.15, 0.2) is 0 Å². The number of rotatable bonds is 10. The average molecular weight is 679 g/mol. The summed E-state index contributed by atoms with van der Waals surface area (Å²) in [5.41, 5.74) is 1.91. The number of benzene rings is 2. The van der Waals surface area contributed by atoms with Crippen molar-refractivity contribution in [3.63, 3.8) is 0 Å². The van der Waals surface area contributed by atoms with Crippen molar-refractivity contribution in [3.05, 3.63) is 63.6 Å². The lowest BCUT2D eigenvalue weighted by Gasteiger charge is -2.32. The van der Waals surface area contributed by atoms with E-state index >= 15 is 0 Å². The van der Waals surface area contributed by atoms with Crippen LogP contribution in [0.1, 0.15) is 30.4 Å². The van der Waals surface area contributed by atoms with Crippen LogP contribution in [0, 0.1) is 0 Å². The number of ether oxygens (including phenoxy) is 1. The lowest BCUT2D eigenvalue weighted by atomic mass is 10.0. The first kappa shape index (κ1) is 38.8. The fourth-order valence-electron chi connectivity index (χ4n) is 3.69. The maximum atomic E-state index is 11.0. The molecular formula is C27H30Cl2F6N2O7. The van der Waals surface area contributed by atoms with Gasteiger partial charge in [-0.05, 0) is 74.8 Å². The molecule has 0 atom stereocenters. The molecule has 1 aliphatic heterocycles. The molecule has 0 aromatic heterocycles. The number of halogens is 8. The van der Waals surface area contributed by atoms with Crippen LogP contribution in [-0.4, -0.2) is 82.8 Å². The predicted molar refractivity (Wildman–Crippen MR) is 148 cm³/mol. The molecule has 17 heteroatoms. The number of hydrogen-bond acceptors (Lipinski definition) is 6. The Morgan fingerprint density at radius 2 is 1.36 bits per heavy atom. The highest BCUT2D eigenvalue weighted by molar-refractivity contribution is 6.30. The molecule has 0 radical (unpaired) electrons. The van der Waals surface area contributed by atoms with Gasteiger partial charge in [0, 0.05) is 28.2 Å². The molecule has 0 saturated carbocycles. The molecule has 9 nitrogen and oxygen atoms in total. The van der Waals surface area contributed by atoms with Crippen molar-refractivity contribution < 1.29 is 60.8 Å². The second-order valence-electron chi connectivity index (χ2n) is 9.26. The lowest BCUT2D eigenvalue weighted by Crippen LogP contribution is -2.42. The second kappa shape index (κ2) is 18.5. The van der Waals surface area contributed by atoms with Gasteiger partial charge < -0.3 is 25.4 Å². The van der Waals surface area contributed by atoms with Gasteiger partial charge in [0.25, 0.3) is 0 Å². The molecule has 1 heterocycles. The van der Waals surface area contributed by atoms with E-state index in [9.17, 15) is 31.1 Å². The molecule has 0 unspecified atom stereocenters. The summed E-state index contributed by atoms with van der Waals surface area (Å²) in [4.78, 5) is 31.3. The van der Waals surface area contributed by atoms with Crippen molar-refractivity contribution in [2.45, 2.75) is 50.6 Å². The minimum atomic E-state index is -5.08. The Balaban J connectivity index is 0.000000574. The smallest absolute Gasteiger partial charge is 0.490 e. The van der Waals surface area contributed by atoms with Gasteiger partial charge in [-0.1, -0.05) is 35.3 Å². The first-order valence-electron chi connectivity index (χ1n) is 12.8. The topological polar surface area (TPSA) is 136 Å². The standard InChI is InChI=1S/C23H28Cl2N2O3.2C2HF3O2/c24-19-4-2-17(3-5-19)16-27-11-8-21(9-12-27)26-10-1-13-30-22-7-6-20(25)14-18(22)15-23(28)29;2*3-2(4,5)1(6)7/h2-7,14,21,26H,1,8-13,15-16H2,(H,28,29);2*(H,6,7). The number of hydrogen-bond donors (Lipinski definition) is 4. The van der Waals surface area contributed by atoms with Crippen molar-refractivity contribution >= 4 is 41.1 Å². The number of nitrogens with one attached hydrogen (secondary N) is 1. The van der Waals surface area contributed by atoms with Crippen LogP contribution in [0.5, 0.6) is 5.75 Å². The Hall–Kier alpha value is -3.27. The monoisotopic (exact) mass is 678 g/mol. The summed E-state index contributed by atoms with van der Waals surface area (Å²) in [7, 11) is 0. The van der Waals surface area contributed by atoms with E-state index in [0.29, 0.717) is 29.0 Å². The van der Waals surface area contributed by atoms with E-state index in [0.717, 1.165) is 50.5 Å². The van der Waals surface area contributed by atoms with Crippen molar-refractivity contribution in [3.8, 4) is 5.75 Å². The number of nitrogens with zero attached hydrogens (tertiary/aromatic N) is 1. The zero-order valence-corrected chi connectivity index (χ0v) is 24.4. The summed E-state index contributed by atoms with van der Waals surface area (Å²) in [5.74, 6) is -5.82. The molecule has 0 bridgehead atoms. The fourth-order valence-corrected chi connectivity index (χ4v) is 4.01. The van der Waals surface area contributed by atoms with E-state index < -0.39 is 30.3 Å². The summed E-state index contributed by atoms with van der Waals surface area (Å²) in [5, 5.41) is 28.2. The molecule has 246 valence electrons. The summed E-state index contributed by atoms with van der Waals surface area (Å²) in [6, 6.07) is 13.7. The van der Waals surface area contributed by atoms with Gasteiger partial charge in [-0.2, -0.15) is 26.3 Å². The summed E-state index contributed by atoms with van der Waals surface area (Å²) in [6.45, 7) is 4.55. The van der Waals surface area contributed by atoms with Crippen molar-refractivity contribution in [1.82, 2.24) is 10.2 Å². The number of carbonyl (C=O) groups is 3. The highest BCUT2D eigenvalue weighted by Crippen LogP contribution is 2.24. The quantitative estimate of drug-likeness (QED) is 0.179. The first-order valence-corrected chi connectivity index (χ1v) is 13.6. The van der Waals surface area contributed by atoms with Crippen LogP contribution in [0.2, 0.25) is 10.0 Å². The minimum Gasteiger partial charge on any atom is -0.493 e. The normalized spacial score (nSPS) is 14.0. The summed E-state index contributed by atoms with van der Waals surface area (Å²) in [6.07, 6.45) is -7.13. The molecule has 1 aliphatic rings. The van der Waals surface area contributed by atoms with Crippen molar-refractivity contribution in [2.24, 2.45) is 0 Å². The summed E-state index contributed by atoms with van der Waals surface area (Å²) >= 11 is 11.9.